The van der Waals surface area contributed by atoms with Crippen molar-refractivity contribution >= 4 is 34.9 Å². The Bertz CT molecular complexity index is 774. The van der Waals surface area contributed by atoms with Crippen LogP contribution in [0.4, 0.5) is 11.4 Å². The highest BCUT2D eigenvalue weighted by Gasteiger charge is 2.37. The molecule has 1 heterocycles. The van der Waals surface area contributed by atoms with Gasteiger partial charge in [-0.15, -0.1) is 0 Å². The molecule has 0 radical (unpaired) electrons. The van der Waals surface area contributed by atoms with Crippen molar-refractivity contribution in [3.8, 4) is 0 Å². The summed E-state index contributed by atoms with van der Waals surface area (Å²) in [5.41, 5.74) is 2.19. The molecule has 1 aliphatic heterocycles. The van der Waals surface area contributed by atoms with Crippen molar-refractivity contribution in [1.29, 1.82) is 0 Å². The fourth-order valence-corrected chi connectivity index (χ4v) is 3.05. The summed E-state index contributed by atoms with van der Waals surface area (Å²) in [7, 11) is 1.35. The Morgan fingerprint density at radius 1 is 1.16 bits per heavy atom. The van der Waals surface area contributed by atoms with Gasteiger partial charge in [-0.3, -0.25) is 4.79 Å². The van der Waals surface area contributed by atoms with Crippen LogP contribution in [0, 0.1) is 5.92 Å². The van der Waals surface area contributed by atoms with Gasteiger partial charge in [-0.25, -0.2) is 4.79 Å². The van der Waals surface area contributed by atoms with Gasteiger partial charge in [0.15, 0.2) is 0 Å². The van der Waals surface area contributed by atoms with Crippen molar-refractivity contribution in [2.45, 2.75) is 13.0 Å². The van der Waals surface area contributed by atoms with E-state index in [0.717, 1.165) is 11.4 Å². The van der Waals surface area contributed by atoms with Crippen LogP contribution in [0.2, 0.25) is 5.02 Å². The molecule has 0 spiro atoms. The zero-order valence-electron chi connectivity index (χ0n) is 14.0. The molecule has 0 bridgehead atoms. The minimum absolute atomic E-state index is 0.0212. The molecule has 0 saturated carbocycles. The van der Waals surface area contributed by atoms with E-state index in [1.54, 1.807) is 29.2 Å². The van der Waals surface area contributed by atoms with Crippen LogP contribution in [0.15, 0.2) is 48.5 Å². The Morgan fingerprint density at radius 3 is 2.40 bits per heavy atom. The number of rotatable bonds is 4. The Morgan fingerprint density at radius 2 is 1.80 bits per heavy atom. The number of carbonyl (C=O) groups is 2. The normalized spacial score (nSPS) is 19.8. The van der Waals surface area contributed by atoms with Crippen LogP contribution < -0.4 is 10.2 Å². The third-order valence-electron chi connectivity index (χ3n) is 4.43. The maximum atomic E-state index is 12.6. The molecular weight excluding hydrogens is 340 g/mol. The van der Waals surface area contributed by atoms with Gasteiger partial charge in [-0.2, -0.15) is 0 Å². The number of amides is 1. The monoisotopic (exact) mass is 358 g/mol. The van der Waals surface area contributed by atoms with Crippen molar-refractivity contribution in [1.82, 2.24) is 0 Å². The zero-order chi connectivity index (χ0) is 18.0. The van der Waals surface area contributed by atoms with E-state index in [1.165, 1.54) is 7.11 Å². The molecule has 130 valence electrons. The summed E-state index contributed by atoms with van der Waals surface area (Å²) < 4.78 is 4.69. The number of halogens is 1. The van der Waals surface area contributed by atoms with Gasteiger partial charge in [-0.05, 0) is 48.5 Å². The summed E-state index contributed by atoms with van der Waals surface area (Å²) in [6, 6.07) is 14.3. The van der Waals surface area contributed by atoms with Crippen LogP contribution in [-0.2, 0) is 9.53 Å². The van der Waals surface area contributed by atoms with Crippen LogP contribution in [0.1, 0.15) is 17.3 Å². The zero-order valence-corrected chi connectivity index (χ0v) is 14.8. The molecule has 6 heteroatoms. The summed E-state index contributed by atoms with van der Waals surface area (Å²) >= 11 is 5.92. The topological polar surface area (TPSA) is 58.6 Å². The first-order chi connectivity index (χ1) is 12.0. The van der Waals surface area contributed by atoms with Crippen molar-refractivity contribution in [3.63, 3.8) is 0 Å². The third-order valence-corrected chi connectivity index (χ3v) is 4.69. The van der Waals surface area contributed by atoms with Gasteiger partial charge in [0, 0.05) is 22.9 Å². The smallest absolute Gasteiger partial charge is 0.337 e. The number of nitrogens with one attached hydrogen (secondary N) is 1. The molecule has 3 rings (SSSR count). The molecule has 2 aromatic rings. The molecule has 5 nitrogen and oxygen atoms in total. The number of esters is 1. The highest BCUT2D eigenvalue weighted by Crippen LogP contribution is 2.28. The number of carbonyl (C=O) groups excluding carboxylic acids is 2. The highest BCUT2D eigenvalue weighted by atomic mass is 35.5. The summed E-state index contributed by atoms with van der Waals surface area (Å²) in [5, 5.41) is 4.02. The van der Waals surface area contributed by atoms with E-state index in [1.807, 2.05) is 31.2 Å². The van der Waals surface area contributed by atoms with Crippen molar-refractivity contribution in [2.24, 2.45) is 5.92 Å². The fourth-order valence-electron chi connectivity index (χ4n) is 2.92. The maximum Gasteiger partial charge on any atom is 0.337 e. The number of hydrogen-bond donors (Lipinski definition) is 1. The first-order valence-corrected chi connectivity index (χ1v) is 8.39. The Hall–Kier alpha value is -2.53. The number of benzene rings is 2. The predicted octanol–water partition coefficient (Wildman–Crippen LogP) is 3.59. The van der Waals surface area contributed by atoms with Gasteiger partial charge in [-0.1, -0.05) is 18.5 Å². The predicted molar refractivity (Wildman–Crippen MR) is 98.2 cm³/mol. The van der Waals surface area contributed by atoms with E-state index in [0.29, 0.717) is 17.1 Å². The first-order valence-electron chi connectivity index (χ1n) is 8.01. The lowest BCUT2D eigenvalue weighted by Crippen LogP contribution is -2.28. The van der Waals surface area contributed by atoms with Crippen LogP contribution in [0.5, 0.6) is 0 Å². The summed E-state index contributed by atoms with van der Waals surface area (Å²) in [5.74, 6) is -0.452. The second-order valence-electron chi connectivity index (χ2n) is 6.03. The summed E-state index contributed by atoms with van der Waals surface area (Å²) in [4.78, 5) is 25.8. The largest absolute Gasteiger partial charge is 0.465 e. The minimum atomic E-state index is -0.370. The summed E-state index contributed by atoms with van der Waals surface area (Å²) in [6.07, 6.45) is 0. The van der Waals surface area contributed by atoms with E-state index in [4.69, 9.17) is 16.3 Å². The highest BCUT2D eigenvalue weighted by molar-refractivity contribution is 6.30. The van der Waals surface area contributed by atoms with Crippen molar-refractivity contribution < 1.29 is 14.3 Å². The molecule has 25 heavy (non-hydrogen) atoms. The van der Waals surface area contributed by atoms with Crippen LogP contribution >= 0.6 is 11.6 Å². The Balaban J connectivity index is 1.72. The lowest BCUT2D eigenvalue weighted by atomic mass is 10.1. The Labute approximate surface area is 151 Å². The van der Waals surface area contributed by atoms with Crippen LogP contribution in [0.3, 0.4) is 0 Å². The average Bonchev–Trinajstić information content (AvgIpc) is 2.91. The van der Waals surface area contributed by atoms with Gasteiger partial charge in [0.05, 0.1) is 24.6 Å². The average molecular weight is 359 g/mol. The standard InChI is InChI=1S/C19H19ClN2O3/c1-12-17(21-15-7-3-13(4-8-15)19(24)25-2)11-22(18(12)23)16-9-5-14(20)6-10-16/h3-10,12,17,21H,11H2,1-2H3. The van der Waals surface area contributed by atoms with Crippen LogP contribution in [-0.4, -0.2) is 31.6 Å². The second-order valence-corrected chi connectivity index (χ2v) is 6.47. The number of ether oxygens (including phenoxy) is 1. The molecule has 1 amide bonds. The number of nitrogens with zero attached hydrogens (tertiary/aromatic N) is 1. The molecular formula is C19H19ClN2O3. The van der Waals surface area contributed by atoms with Gasteiger partial charge in [0.1, 0.15) is 0 Å². The van der Waals surface area contributed by atoms with E-state index < -0.39 is 0 Å². The Kier molecular flexibility index (Phi) is 4.95. The van der Waals surface area contributed by atoms with E-state index >= 15 is 0 Å². The lowest BCUT2D eigenvalue weighted by Gasteiger charge is -2.18. The van der Waals surface area contributed by atoms with E-state index in [-0.39, 0.29) is 23.8 Å². The van der Waals surface area contributed by atoms with Crippen LogP contribution in [0.25, 0.3) is 0 Å². The second kappa shape index (κ2) is 7.15. The van der Waals surface area contributed by atoms with Gasteiger partial charge in [0.25, 0.3) is 0 Å². The van der Waals surface area contributed by atoms with Crippen molar-refractivity contribution in [2.75, 3.05) is 23.9 Å². The van der Waals surface area contributed by atoms with Gasteiger partial charge >= 0.3 is 5.97 Å². The van der Waals surface area contributed by atoms with E-state index in [2.05, 4.69) is 5.32 Å². The molecule has 0 aliphatic carbocycles. The van der Waals surface area contributed by atoms with Gasteiger partial charge < -0.3 is 15.0 Å². The number of hydrogen-bond acceptors (Lipinski definition) is 4. The van der Waals surface area contributed by atoms with Crippen molar-refractivity contribution in [3.05, 3.63) is 59.1 Å². The van der Waals surface area contributed by atoms with E-state index in [9.17, 15) is 9.59 Å². The maximum absolute atomic E-state index is 12.6. The van der Waals surface area contributed by atoms with Gasteiger partial charge in [0.2, 0.25) is 5.91 Å². The molecule has 2 unspecified atom stereocenters. The first kappa shape index (κ1) is 17.3. The molecule has 1 saturated heterocycles. The third kappa shape index (κ3) is 3.61. The molecule has 1 N–H and O–H groups in total. The fraction of sp³-hybridized carbons (Fsp3) is 0.263. The molecule has 2 aromatic carbocycles. The minimum Gasteiger partial charge on any atom is -0.465 e. The molecule has 2 atom stereocenters. The number of anilines is 2. The quantitative estimate of drug-likeness (QED) is 0.848. The summed E-state index contributed by atoms with van der Waals surface area (Å²) in [6.45, 7) is 2.49. The SMILES string of the molecule is COC(=O)c1ccc(NC2CN(c3ccc(Cl)cc3)C(=O)C2C)cc1. The lowest BCUT2D eigenvalue weighted by molar-refractivity contribution is -0.120. The number of methoxy groups -OCH3 is 1. The molecule has 1 fully saturated rings. The molecule has 1 aliphatic rings. The molecule has 0 aromatic heterocycles.